The number of carbonyl (C=O) groups is 1. The first-order valence-corrected chi connectivity index (χ1v) is 5.86. The highest BCUT2D eigenvalue weighted by Gasteiger charge is 2.37. The van der Waals surface area contributed by atoms with Crippen molar-refractivity contribution in [3.05, 3.63) is 0 Å². The van der Waals surface area contributed by atoms with E-state index in [9.17, 15) is 13.2 Å². The van der Waals surface area contributed by atoms with Crippen LogP contribution in [0, 0.1) is 0 Å². The lowest BCUT2D eigenvalue weighted by atomic mass is 9.93. The molecule has 0 aromatic carbocycles. The Morgan fingerprint density at radius 1 is 1.54 bits per heavy atom. The number of nitrogens with two attached hydrogens (primary N) is 1. The molecule has 1 heterocycles. The molecule has 1 atom stereocenters. The van der Waals surface area contributed by atoms with Crippen molar-refractivity contribution in [3.63, 3.8) is 0 Å². The summed E-state index contributed by atoms with van der Waals surface area (Å²) >= 11 is 0. The lowest BCUT2D eigenvalue weighted by Gasteiger charge is -2.31. The molecule has 76 valence electrons. The Morgan fingerprint density at radius 3 is 2.62 bits per heavy atom. The predicted molar refractivity (Wildman–Crippen MR) is 47.1 cm³/mol. The van der Waals surface area contributed by atoms with Crippen LogP contribution >= 0.6 is 0 Å². The zero-order valence-corrected chi connectivity index (χ0v) is 8.01. The maximum Gasteiger partial charge on any atom is 0.305 e. The van der Waals surface area contributed by atoms with Gasteiger partial charge in [0.1, 0.15) is 0 Å². The van der Waals surface area contributed by atoms with Gasteiger partial charge in [0.25, 0.3) is 0 Å². The maximum absolute atomic E-state index is 11.2. The van der Waals surface area contributed by atoms with E-state index in [0.29, 0.717) is 12.8 Å². The summed E-state index contributed by atoms with van der Waals surface area (Å²) in [5.41, 5.74) is 4.62. The number of carboxylic acids is 1. The molecule has 0 radical (unpaired) electrons. The van der Waals surface area contributed by atoms with E-state index in [0.717, 1.165) is 0 Å². The topological polar surface area (TPSA) is 97.5 Å². The highest BCUT2D eigenvalue weighted by Crippen LogP contribution is 2.23. The van der Waals surface area contributed by atoms with Gasteiger partial charge in [-0.3, -0.25) is 4.79 Å². The molecule has 5 nitrogen and oxygen atoms in total. The highest BCUT2D eigenvalue weighted by atomic mass is 32.2. The van der Waals surface area contributed by atoms with Crippen LogP contribution in [0.25, 0.3) is 0 Å². The molecule has 1 rings (SSSR count). The van der Waals surface area contributed by atoms with Crippen molar-refractivity contribution in [3.8, 4) is 0 Å². The van der Waals surface area contributed by atoms with Gasteiger partial charge in [-0.2, -0.15) is 0 Å². The van der Waals surface area contributed by atoms with Crippen molar-refractivity contribution in [2.45, 2.75) is 24.8 Å². The van der Waals surface area contributed by atoms with Gasteiger partial charge in [0, 0.05) is 5.54 Å². The summed E-state index contributed by atoms with van der Waals surface area (Å²) in [6, 6.07) is 0. The first-order valence-electron chi connectivity index (χ1n) is 4.04. The Kier molecular flexibility index (Phi) is 2.63. The number of hydrogen-bond donors (Lipinski definition) is 2. The van der Waals surface area contributed by atoms with Gasteiger partial charge in [-0.1, -0.05) is 0 Å². The minimum Gasteiger partial charge on any atom is -0.481 e. The maximum atomic E-state index is 11.2. The molecular weight excluding hydrogens is 194 g/mol. The fourth-order valence-corrected chi connectivity index (χ4v) is 3.52. The molecule has 13 heavy (non-hydrogen) atoms. The third-order valence-electron chi connectivity index (χ3n) is 2.14. The zero-order valence-electron chi connectivity index (χ0n) is 7.19. The molecule has 0 aliphatic carbocycles. The quantitative estimate of drug-likeness (QED) is 0.628. The van der Waals surface area contributed by atoms with E-state index in [1.165, 1.54) is 0 Å². The molecule has 6 heteroatoms. The summed E-state index contributed by atoms with van der Waals surface area (Å²) in [6.45, 7) is 0. The molecule has 1 fully saturated rings. The van der Waals surface area contributed by atoms with Crippen molar-refractivity contribution >= 4 is 15.8 Å². The Morgan fingerprint density at radius 2 is 2.15 bits per heavy atom. The third kappa shape index (κ3) is 2.96. The Balaban J connectivity index is 2.74. The van der Waals surface area contributed by atoms with E-state index in [1.54, 1.807) is 0 Å². The molecule has 0 bridgehead atoms. The van der Waals surface area contributed by atoms with Crippen molar-refractivity contribution in [2.24, 2.45) is 5.73 Å². The molecule has 3 N–H and O–H groups in total. The summed E-state index contributed by atoms with van der Waals surface area (Å²) in [5, 5.41) is 8.53. The molecule has 0 amide bonds. The van der Waals surface area contributed by atoms with Crippen LogP contribution in [0.1, 0.15) is 19.3 Å². The van der Waals surface area contributed by atoms with Gasteiger partial charge < -0.3 is 10.8 Å². The SMILES string of the molecule is NC1(CC(=O)O)CCCS(=O)(=O)C1. The number of hydrogen-bond acceptors (Lipinski definition) is 4. The van der Waals surface area contributed by atoms with Crippen LogP contribution in [0.2, 0.25) is 0 Å². The first-order chi connectivity index (χ1) is 5.83. The fourth-order valence-electron chi connectivity index (χ4n) is 1.67. The predicted octanol–water partition coefficient (Wildman–Crippen LogP) is -0.633. The van der Waals surface area contributed by atoms with Gasteiger partial charge in [-0.25, -0.2) is 8.42 Å². The van der Waals surface area contributed by atoms with Crippen LogP contribution in [-0.4, -0.2) is 36.5 Å². The molecular formula is C7H13NO4S. The van der Waals surface area contributed by atoms with Crippen molar-refractivity contribution in [2.75, 3.05) is 11.5 Å². The van der Waals surface area contributed by atoms with Gasteiger partial charge >= 0.3 is 5.97 Å². The number of sulfone groups is 1. The van der Waals surface area contributed by atoms with Gasteiger partial charge in [-0.15, -0.1) is 0 Å². The van der Waals surface area contributed by atoms with Crippen molar-refractivity contribution in [1.29, 1.82) is 0 Å². The van der Waals surface area contributed by atoms with Gasteiger partial charge in [0.05, 0.1) is 17.9 Å². The highest BCUT2D eigenvalue weighted by molar-refractivity contribution is 7.91. The first kappa shape index (κ1) is 10.5. The normalized spacial score (nSPS) is 32.7. The summed E-state index contributed by atoms with van der Waals surface area (Å²) in [4.78, 5) is 10.4. The van der Waals surface area contributed by atoms with E-state index in [4.69, 9.17) is 10.8 Å². The van der Waals surface area contributed by atoms with Crippen LogP contribution in [0.4, 0.5) is 0 Å². The Bertz CT molecular complexity index is 310. The van der Waals surface area contributed by atoms with Gasteiger partial charge in [0.15, 0.2) is 9.84 Å². The largest absolute Gasteiger partial charge is 0.481 e. The van der Waals surface area contributed by atoms with Crippen LogP contribution in [0.3, 0.4) is 0 Å². The molecule has 1 unspecified atom stereocenters. The van der Waals surface area contributed by atoms with E-state index >= 15 is 0 Å². The summed E-state index contributed by atoms with van der Waals surface area (Å²) in [7, 11) is -3.12. The van der Waals surface area contributed by atoms with Crippen molar-refractivity contribution < 1.29 is 18.3 Å². The van der Waals surface area contributed by atoms with Crippen LogP contribution < -0.4 is 5.73 Å². The minimum absolute atomic E-state index is 0.131. The molecule has 0 spiro atoms. The second kappa shape index (κ2) is 3.26. The average molecular weight is 207 g/mol. The monoisotopic (exact) mass is 207 g/mol. The van der Waals surface area contributed by atoms with E-state index in [-0.39, 0.29) is 17.9 Å². The average Bonchev–Trinajstić information content (AvgIpc) is 1.79. The molecule has 1 aliphatic rings. The number of aliphatic carboxylic acids is 1. The smallest absolute Gasteiger partial charge is 0.305 e. The Labute approximate surface area is 76.8 Å². The third-order valence-corrected chi connectivity index (χ3v) is 4.07. The molecule has 1 saturated heterocycles. The van der Waals surface area contributed by atoms with Gasteiger partial charge in [-0.05, 0) is 12.8 Å². The molecule has 1 aliphatic heterocycles. The van der Waals surface area contributed by atoms with Gasteiger partial charge in [0.2, 0.25) is 0 Å². The van der Waals surface area contributed by atoms with E-state index in [1.807, 2.05) is 0 Å². The van der Waals surface area contributed by atoms with Crippen molar-refractivity contribution in [1.82, 2.24) is 0 Å². The minimum atomic E-state index is -3.12. The standard InChI is InChI=1S/C7H13NO4S/c8-7(4-6(9)10)2-1-3-13(11,12)5-7/h1-5,8H2,(H,9,10). The van der Waals surface area contributed by atoms with Crippen LogP contribution in [0.5, 0.6) is 0 Å². The van der Waals surface area contributed by atoms with Crippen LogP contribution in [-0.2, 0) is 14.6 Å². The second-order valence-electron chi connectivity index (χ2n) is 3.63. The fraction of sp³-hybridized carbons (Fsp3) is 0.857. The molecule has 0 aromatic heterocycles. The Hall–Kier alpha value is -0.620. The molecule has 0 aromatic rings. The lowest BCUT2D eigenvalue weighted by Crippen LogP contribution is -2.51. The lowest BCUT2D eigenvalue weighted by molar-refractivity contribution is -0.138. The summed E-state index contributed by atoms with van der Waals surface area (Å²) < 4.78 is 22.3. The number of rotatable bonds is 2. The summed E-state index contributed by atoms with van der Waals surface area (Å²) in [6.07, 6.45) is 0.664. The van der Waals surface area contributed by atoms with E-state index in [2.05, 4.69) is 0 Å². The zero-order chi connectivity index (χ0) is 10.1. The van der Waals surface area contributed by atoms with Crippen LogP contribution in [0.15, 0.2) is 0 Å². The molecule has 0 saturated carbocycles. The number of carboxylic acid groups (broad SMARTS) is 1. The second-order valence-corrected chi connectivity index (χ2v) is 5.81. The summed E-state index contributed by atoms with van der Waals surface area (Å²) in [5.74, 6) is -1.11. The van der Waals surface area contributed by atoms with E-state index < -0.39 is 21.3 Å².